The highest BCUT2D eigenvalue weighted by molar-refractivity contribution is 7.92. The van der Waals surface area contributed by atoms with Gasteiger partial charge in [0.15, 0.2) is 0 Å². The van der Waals surface area contributed by atoms with E-state index >= 15 is 0 Å². The first-order valence-electron chi connectivity index (χ1n) is 11.7. The Morgan fingerprint density at radius 3 is 2.61 bits per heavy atom. The number of nitrogens with zero attached hydrogens (tertiary/aromatic N) is 3. The Kier molecular flexibility index (Phi) is 6.20. The molecule has 2 aromatic heterocycles. The summed E-state index contributed by atoms with van der Waals surface area (Å²) in [6, 6.07) is 16.5. The van der Waals surface area contributed by atoms with Gasteiger partial charge in [-0.25, -0.2) is 13.4 Å². The van der Waals surface area contributed by atoms with Gasteiger partial charge < -0.3 is 9.88 Å². The van der Waals surface area contributed by atoms with Crippen molar-refractivity contribution in [3.8, 4) is 28.3 Å². The fourth-order valence-electron chi connectivity index (χ4n) is 4.63. The molecule has 1 fully saturated rings. The van der Waals surface area contributed by atoms with Crippen molar-refractivity contribution in [3.05, 3.63) is 72.1 Å². The standard InChI is InChI=1S/C27H25N5O3S/c1-36(34,35)31-23-11-18(15-28)10-21(13-23)25-17-30-26-24(25)14-22(16-29-26)19-6-5-7-20(12-19)27(33)32-8-3-2-4-9-32/h5-7,10-14,16-17,31H,2-4,8-9H2,1H3,(H,29,30). The number of hydrogen-bond donors (Lipinski definition) is 2. The molecule has 3 heterocycles. The van der Waals surface area contributed by atoms with Gasteiger partial charge in [0.1, 0.15) is 5.65 Å². The molecular formula is C27H25N5O3S. The molecule has 9 heteroatoms. The smallest absolute Gasteiger partial charge is 0.253 e. The third-order valence-corrected chi connectivity index (χ3v) is 6.90. The van der Waals surface area contributed by atoms with Crippen LogP contribution in [0.4, 0.5) is 5.69 Å². The van der Waals surface area contributed by atoms with E-state index in [0.717, 1.165) is 60.7 Å². The van der Waals surface area contributed by atoms with Crippen LogP contribution >= 0.6 is 0 Å². The predicted octanol–water partition coefficient (Wildman–Crippen LogP) is 4.77. The van der Waals surface area contributed by atoms with Crippen LogP contribution in [0.1, 0.15) is 35.2 Å². The number of fused-ring (bicyclic) bond motifs is 1. The molecule has 1 aliphatic heterocycles. The van der Waals surface area contributed by atoms with E-state index in [0.29, 0.717) is 28.0 Å². The van der Waals surface area contributed by atoms with Gasteiger partial charge in [-0.1, -0.05) is 12.1 Å². The van der Waals surface area contributed by atoms with Crippen molar-refractivity contribution in [2.45, 2.75) is 19.3 Å². The van der Waals surface area contributed by atoms with Crippen LogP contribution in [0.2, 0.25) is 0 Å². The molecule has 2 N–H and O–H groups in total. The number of anilines is 1. The van der Waals surface area contributed by atoms with Crippen LogP contribution in [0.25, 0.3) is 33.3 Å². The number of nitriles is 1. The van der Waals surface area contributed by atoms with Gasteiger partial charge in [0, 0.05) is 47.6 Å². The highest BCUT2D eigenvalue weighted by Gasteiger charge is 2.19. The summed E-state index contributed by atoms with van der Waals surface area (Å²) in [4.78, 5) is 22.6. The Balaban J connectivity index is 1.54. The molecule has 0 aliphatic carbocycles. The van der Waals surface area contributed by atoms with Crippen molar-refractivity contribution in [3.63, 3.8) is 0 Å². The molecule has 0 unspecified atom stereocenters. The van der Waals surface area contributed by atoms with E-state index in [1.807, 2.05) is 35.2 Å². The largest absolute Gasteiger partial charge is 0.346 e. The van der Waals surface area contributed by atoms with E-state index in [-0.39, 0.29) is 5.91 Å². The fraction of sp³-hybridized carbons (Fsp3) is 0.222. The normalized spacial score (nSPS) is 13.9. The molecule has 36 heavy (non-hydrogen) atoms. The summed E-state index contributed by atoms with van der Waals surface area (Å²) in [5.41, 5.74) is 5.16. The quantitative estimate of drug-likeness (QED) is 0.410. The highest BCUT2D eigenvalue weighted by atomic mass is 32.2. The Labute approximate surface area is 209 Å². The van der Waals surface area contributed by atoms with Crippen LogP contribution in [0.3, 0.4) is 0 Å². The molecule has 0 bridgehead atoms. The Morgan fingerprint density at radius 1 is 1.06 bits per heavy atom. The number of rotatable bonds is 5. The minimum absolute atomic E-state index is 0.0483. The molecule has 0 radical (unpaired) electrons. The van der Waals surface area contributed by atoms with Gasteiger partial charge in [0.25, 0.3) is 5.91 Å². The molecule has 1 saturated heterocycles. The zero-order valence-electron chi connectivity index (χ0n) is 19.8. The van der Waals surface area contributed by atoms with E-state index in [9.17, 15) is 18.5 Å². The second-order valence-corrected chi connectivity index (χ2v) is 10.8. The number of nitrogens with one attached hydrogen (secondary N) is 2. The van der Waals surface area contributed by atoms with Crippen molar-refractivity contribution in [2.75, 3.05) is 24.1 Å². The van der Waals surface area contributed by atoms with Crippen LogP contribution < -0.4 is 4.72 Å². The first kappa shape index (κ1) is 23.6. The minimum Gasteiger partial charge on any atom is -0.346 e. The first-order chi connectivity index (χ1) is 17.3. The summed E-state index contributed by atoms with van der Waals surface area (Å²) >= 11 is 0. The fourth-order valence-corrected chi connectivity index (χ4v) is 5.18. The minimum atomic E-state index is -3.50. The van der Waals surface area contributed by atoms with Gasteiger partial charge in [0.05, 0.1) is 23.6 Å². The van der Waals surface area contributed by atoms with Crippen molar-refractivity contribution in [2.24, 2.45) is 0 Å². The number of sulfonamides is 1. The van der Waals surface area contributed by atoms with Crippen molar-refractivity contribution >= 4 is 32.7 Å². The van der Waals surface area contributed by atoms with Crippen LogP contribution in [0.5, 0.6) is 0 Å². The molecule has 0 saturated carbocycles. The van der Waals surface area contributed by atoms with E-state index in [2.05, 4.69) is 20.8 Å². The number of amides is 1. The second-order valence-electron chi connectivity index (χ2n) is 9.04. The second kappa shape index (κ2) is 9.47. The molecule has 5 rings (SSSR count). The number of carbonyl (C=O) groups excluding carboxylic acids is 1. The average Bonchev–Trinajstić information content (AvgIpc) is 3.31. The number of piperidine rings is 1. The number of H-pyrrole nitrogens is 1. The number of pyridine rings is 1. The highest BCUT2D eigenvalue weighted by Crippen LogP contribution is 2.33. The molecule has 8 nitrogen and oxygen atoms in total. The number of aromatic amines is 1. The van der Waals surface area contributed by atoms with Crippen LogP contribution in [0, 0.1) is 11.3 Å². The van der Waals surface area contributed by atoms with Gasteiger partial charge in [-0.3, -0.25) is 9.52 Å². The maximum atomic E-state index is 13.0. The number of aromatic nitrogens is 2. The van der Waals surface area contributed by atoms with E-state index < -0.39 is 10.0 Å². The van der Waals surface area contributed by atoms with E-state index in [1.165, 1.54) is 6.07 Å². The van der Waals surface area contributed by atoms with Crippen molar-refractivity contribution < 1.29 is 13.2 Å². The zero-order valence-corrected chi connectivity index (χ0v) is 20.6. The molecule has 182 valence electrons. The van der Waals surface area contributed by atoms with Gasteiger partial charge in [0.2, 0.25) is 10.0 Å². The number of carbonyl (C=O) groups is 1. The number of likely N-dealkylation sites (tertiary alicyclic amines) is 1. The lowest BCUT2D eigenvalue weighted by Crippen LogP contribution is -2.35. The summed E-state index contributed by atoms with van der Waals surface area (Å²) in [7, 11) is -3.50. The van der Waals surface area contributed by atoms with E-state index in [4.69, 9.17) is 0 Å². The summed E-state index contributed by atoms with van der Waals surface area (Å²) in [6.07, 6.45) is 7.86. The lowest BCUT2D eigenvalue weighted by Gasteiger charge is -2.26. The Morgan fingerprint density at radius 2 is 1.86 bits per heavy atom. The first-order valence-corrected chi connectivity index (χ1v) is 13.6. The van der Waals surface area contributed by atoms with Crippen LogP contribution in [0.15, 0.2) is 60.9 Å². The molecule has 0 atom stereocenters. The maximum absolute atomic E-state index is 13.0. The lowest BCUT2D eigenvalue weighted by molar-refractivity contribution is 0.0724. The summed E-state index contributed by atoms with van der Waals surface area (Å²) in [5.74, 6) is 0.0483. The molecular weight excluding hydrogens is 474 g/mol. The molecule has 2 aromatic carbocycles. The zero-order chi connectivity index (χ0) is 25.3. The lowest BCUT2D eigenvalue weighted by atomic mass is 9.99. The molecule has 0 spiro atoms. The van der Waals surface area contributed by atoms with Crippen molar-refractivity contribution in [1.82, 2.24) is 14.9 Å². The van der Waals surface area contributed by atoms with Gasteiger partial charge in [-0.15, -0.1) is 0 Å². The predicted molar refractivity (Wildman–Crippen MR) is 140 cm³/mol. The summed E-state index contributed by atoms with van der Waals surface area (Å²) in [6.45, 7) is 1.59. The topological polar surface area (TPSA) is 119 Å². The van der Waals surface area contributed by atoms with Gasteiger partial charge in [-0.2, -0.15) is 5.26 Å². The number of benzene rings is 2. The number of hydrogen-bond acceptors (Lipinski definition) is 5. The third-order valence-electron chi connectivity index (χ3n) is 6.29. The summed E-state index contributed by atoms with van der Waals surface area (Å²) in [5, 5.41) is 10.3. The van der Waals surface area contributed by atoms with Gasteiger partial charge in [-0.05, 0) is 66.8 Å². The molecule has 1 amide bonds. The van der Waals surface area contributed by atoms with Crippen LogP contribution in [-0.2, 0) is 10.0 Å². The Hall–Kier alpha value is -4.16. The monoisotopic (exact) mass is 499 g/mol. The average molecular weight is 500 g/mol. The maximum Gasteiger partial charge on any atom is 0.253 e. The Bertz CT molecular complexity index is 1610. The van der Waals surface area contributed by atoms with Crippen molar-refractivity contribution in [1.29, 1.82) is 5.26 Å². The van der Waals surface area contributed by atoms with Gasteiger partial charge >= 0.3 is 0 Å². The van der Waals surface area contributed by atoms with E-state index in [1.54, 1.807) is 24.5 Å². The SMILES string of the molecule is CS(=O)(=O)Nc1cc(C#N)cc(-c2c[nH]c3ncc(-c4cccc(C(=O)N5CCCCC5)c4)cc23)c1. The van der Waals surface area contributed by atoms with Crippen LogP contribution in [-0.4, -0.2) is 48.5 Å². The molecule has 4 aromatic rings. The summed E-state index contributed by atoms with van der Waals surface area (Å²) < 4.78 is 25.9. The molecule has 1 aliphatic rings. The third kappa shape index (κ3) is 4.95.